The van der Waals surface area contributed by atoms with Crippen LogP contribution in [0, 0.1) is 6.92 Å². The number of nitrogens with one attached hydrogen (secondary N) is 1. The van der Waals surface area contributed by atoms with Gasteiger partial charge in [-0.15, -0.1) is 0 Å². The molecule has 9 heteroatoms. The van der Waals surface area contributed by atoms with E-state index in [1.165, 1.54) is 6.26 Å². The van der Waals surface area contributed by atoms with Gasteiger partial charge in [-0.3, -0.25) is 9.59 Å². The fraction of sp³-hybridized carbons (Fsp3) is 0.286. The van der Waals surface area contributed by atoms with Gasteiger partial charge < -0.3 is 18.8 Å². The van der Waals surface area contributed by atoms with Crippen LogP contribution in [0.4, 0.5) is 0 Å². The molecule has 0 bridgehead atoms. The average molecular weight is 407 g/mol. The zero-order valence-electron chi connectivity index (χ0n) is 17.0. The van der Waals surface area contributed by atoms with Gasteiger partial charge in [-0.05, 0) is 58.0 Å². The number of aryl methyl sites for hydroxylation is 1. The van der Waals surface area contributed by atoms with Crippen molar-refractivity contribution in [3.63, 3.8) is 0 Å². The Morgan fingerprint density at radius 1 is 1.17 bits per heavy atom. The molecule has 154 valence electrons. The van der Waals surface area contributed by atoms with Crippen LogP contribution >= 0.6 is 0 Å². The maximum Gasteiger partial charge on any atom is 0.287 e. The van der Waals surface area contributed by atoms with Gasteiger partial charge in [0, 0.05) is 11.6 Å². The van der Waals surface area contributed by atoms with Crippen molar-refractivity contribution in [3.05, 3.63) is 64.3 Å². The molecule has 0 saturated heterocycles. The van der Waals surface area contributed by atoms with E-state index in [9.17, 15) is 9.59 Å². The Balaban J connectivity index is 1.64. The van der Waals surface area contributed by atoms with Crippen LogP contribution < -0.4 is 10.9 Å². The molecule has 1 amide bonds. The Bertz CT molecular complexity index is 1270. The van der Waals surface area contributed by atoms with Crippen LogP contribution in [0.2, 0.25) is 0 Å². The Kier molecular flexibility index (Phi) is 4.94. The lowest BCUT2D eigenvalue weighted by atomic mass is 10.1. The van der Waals surface area contributed by atoms with Crippen LogP contribution in [0.25, 0.3) is 22.4 Å². The number of furan rings is 1. The van der Waals surface area contributed by atoms with Crippen LogP contribution in [0.5, 0.6) is 0 Å². The molecule has 1 N–H and O–H groups in total. The Morgan fingerprint density at radius 3 is 2.67 bits per heavy atom. The third-order valence-electron chi connectivity index (χ3n) is 4.73. The zero-order valence-corrected chi connectivity index (χ0v) is 17.0. The second kappa shape index (κ2) is 7.58. The van der Waals surface area contributed by atoms with Crippen molar-refractivity contribution in [1.29, 1.82) is 0 Å². The number of aromatic nitrogens is 4. The fourth-order valence-electron chi connectivity index (χ4n) is 3.25. The molecule has 3 heterocycles. The third-order valence-corrected chi connectivity index (χ3v) is 4.73. The largest absolute Gasteiger partial charge is 0.459 e. The van der Waals surface area contributed by atoms with Crippen molar-refractivity contribution in [1.82, 2.24) is 25.0 Å². The van der Waals surface area contributed by atoms with Crippen LogP contribution in [0.1, 0.15) is 55.0 Å². The minimum atomic E-state index is -0.504. The molecule has 0 unspecified atom stereocenters. The highest BCUT2D eigenvalue weighted by atomic mass is 16.5. The summed E-state index contributed by atoms with van der Waals surface area (Å²) in [5.41, 5.74) is 2.43. The second-order valence-corrected chi connectivity index (χ2v) is 7.30. The number of benzene rings is 1. The number of rotatable bonds is 5. The predicted molar refractivity (Wildman–Crippen MR) is 109 cm³/mol. The molecule has 3 aromatic heterocycles. The smallest absolute Gasteiger partial charge is 0.287 e. The highest BCUT2D eigenvalue weighted by Crippen LogP contribution is 2.24. The van der Waals surface area contributed by atoms with Crippen molar-refractivity contribution >= 4 is 16.9 Å². The molecule has 9 nitrogen and oxygen atoms in total. The highest BCUT2D eigenvalue weighted by molar-refractivity contribution is 5.91. The van der Waals surface area contributed by atoms with E-state index in [-0.39, 0.29) is 29.2 Å². The van der Waals surface area contributed by atoms with Crippen molar-refractivity contribution < 1.29 is 13.7 Å². The van der Waals surface area contributed by atoms with Crippen molar-refractivity contribution in [2.24, 2.45) is 0 Å². The van der Waals surface area contributed by atoms with Crippen LogP contribution in [-0.4, -0.2) is 25.6 Å². The first-order valence-electron chi connectivity index (χ1n) is 9.56. The molecule has 4 aromatic rings. The minimum absolute atomic E-state index is 0.00273. The Labute approximate surface area is 171 Å². The molecule has 1 aromatic carbocycles. The Morgan fingerprint density at radius 2 is 1.97 bits per heavy atom. The summed E-state index contributed by atoms with van der Waals surface area (Å²) in [5.74, 6) is 0.465. The topological polar surface area (TPSA) is 116 Å². The van der Waals surface area contributed by atoms with Gasteiger partial charge in [-0.25, -0.2) is 4.98 Å². The van der Waals surface area contributed by atoms with Gasteiger partial charge in [0.15, 0.2) is 5.76 Å². The van der Waals surface area contributed by atoms with E-state index >= 15 is 0 Å². The van der Waals surface area contributed by atoms with Gasteiger partial charge in [0.25, 0.3) is 11.5 Å². The zero-order chi connectivity index (χ0) is 21.4. The summed E-state index contributed by atoms with van der Waals surface area (Å²) in [4.78, 5) is 33.4. The van der Waals surface area contributed by atoms with Crippen LogP contribution in [0.15, 0.2) is 50.3 Å². The van der Waals surface area contributed by atoms with Gasteiger partial charge in [0.05, 0.1) is 17.3 Å². The standard InChI is InChI=1S/C21H21N5O4/c1-11(2)26-16-8-7-14(10-15(16)22-13(4)21(26)28)18-24-20(30-25-18)12(3)23-19(27)17-6-5-9-29-17/h5-12H,1-4H3,(H,23,27)/t12-/m1/s1. The molecule has 0 saturated carbocycles. The lowest BCUT2D eigenvalue weighted by Gasteiger charge is -2.14. The molecule has 0 spiro atoms. The summed E-state index contributed by atoms with van der Waals surface area (Å²) in [6.07, 6.45) is 1.43. The molecule has 0 aliphatic rings. The van der Waals surface area contributed by atoms with Crippen molar-refractivity contribution in [3.8, 4) is 11.4 Å². The summed E-state index contributed by atoms with van der Waals surface area (Å²) in [6.45, 7) is 7.35. The first-order chi connectivity index (χ1) is 14.3. The molecule has 1 atom stereocenters. The van der Waals surface area contributed by atoms with Gasteiger partial charge in [0.2, 0.25) is 11.7 Å². The van der Waals surface area contributed by atoms with E-state index < -0.39 is 6.04 Å². The SMILES string of the molecule is Cc1nc2cc(-c3noc([C@@H](C)NC(=O)c4ccco4)n3)ccc2n(C(C)C)c1=O. The second-order valence-electron chi connectivity index (χ2n) is 7.30. The summed E-state index contributed by atoms with van der Waals surface area (Å²) in [7, 11) is 0. The van der Waals surface area contributed by atoms with Crippen LogP contribution in [-0.2, 0) is 0 Å². The molecule has 30 heavy (non-hydrogen) atoms. The Hall–Kier alpha value is -3.75. The third kappa shape index (κ3) is 3.49. The molecule has 0 aliphatic carbocycles. The van der Waals surface area contributed by atoms with E-state index in [2.05, 4.69) is 20.4 Å². The number of amides is 1. The van der Waals surface area contributed by atoms with Gasteiger partial charge in [0.1, 0.15) is 11.7 Å². The molecular formula is C21H21N5O4. The molecule has 4 rings (SSSR count). The monoisotopic (exact) mass is 407 g/mol. The number of hydrogen-bond acceptors (Lipinski definition) is 7. The normalized spacial score (nSPS) is 12.4. The summed E-state index contributed by atoms with van der Waals surface area (Å²) < 4.78 is 12.1. The van der Waals surface area contributed by atoms with E-state index in [1.807, 2.05) is 32.0 Å². The summed E-state index contributed by atoms with van der Waals surface area (Å²) in [6, 6.07) is 8.18. The van der Waals surface area contributed by atoms with E-state index in [0.29, 0.717) is 22.6 Å². The van der Waals surface area contributed by atoms with Crippen molar-refractivity contribution in [2.45, 2.75) is 39.8 Å². The number of carbonyl (C=O) groups excluding carboxylic acids is 1. The lowest BCUT2D eigenvalue weighted by Crippen LogP contribution is -2.26. The number of hydrogen-bond donors (Lipinski definition) is 1. The molecule has 0 fully saturated rings. The molecular weight excluding hydrogens is 386 g/mol. The first-order valence-corrected chi connectivity index (χ1v) is 9.56. The fourth-order valence-corrected chi connectivity index (χ4v) is 3.25. The van der Waals surface area contributed by atoms with Gasteiger partial charge >= 0.3 is 0 Å². The van der Waals surface area contributed by atoms with Crippen molar-refractivity contribution in [2.75, 3.05) is 0 Å². The summed E-state index contributed by atoms with van der Waals surface area (Å²) >= 11 is 0. The quantitative estimate of drug-likeness (QED) is 0.539. The highest BCUT2D eigenvalue weighted by Gasteiger charge is 2.20. The van der Waals surface area contributed by atoms with E-state index in [0.717, 1.165) is 5.52 Å². The number of nitrogens with zero attached hydrogens (tertiary/aromatic N) is 4. The maximum absolute atomic E-state index is 12.5. The van der Waals surface area contributed by atoms with E-state index in [1.54, 1.807) is 30.5 Å². The average Bonchev–Trinajstić information content (AvgIpc) is 3.40. The molecule has 0 radical (unpaired) electrons. The number of fused-ring (bicyclic) bond motifs is 1. The van der Waals surface area contributed by atoms with Gasteiger partial charge in [-0.1, -0.05) is 5.16 Å². The minimum Gasteiger partial charge on any atom is -0.459 e. The van der Waals surface area contributed by atoms with E-state index in [4.69, 9.17) is 8.94 Å². The first kappa shape index (κ1) is 19.6. The molecule has 0 aliphatic heterocycles. The maximum atomic E-state index is 12.5. The van der Waals surface area contributed by atoms with Crippen LogP contribution in [0.3, 0.4) is 0 Å². The number of carbonyl (C=O) groups is 1. The summed E-state index contributed by atoms with van der Waals surface area (Å²) in [5, 5.41) is 6.77. The lowest BCUT2D eigenvalue weighted by molar-refractivity contribution is 0.0904. The predicted octanol–water partition coefficient (Wildman–Crippen LogP) is 3.42. The van der Waals surface area contributed by atoms with Gasteiger partial charge in [-0.2, -0.15) is 4.98 Å².